The summed E-state index contributed by atoms with van der Waals surface area (Å²) in [5.74, 6) is 0.597. The van der Waals surface area contributed by atoms with Crippen LogP contribution in [0.5, 0.6) is 0 Å². The maximum Gasteiger partial charge on any atom is 0.235 e. The number of carbonyl (C=O) groups is 1. The third kappa shape index (κ3) is 3.98. The molecule has 1 aliphatic heterocycles. The Morgan fingerprint density at radius 1 is 1.37 bits per heavy atom. The van der Waals surface area contributed by atoms with Crippen LogP contribution < -0.4 is 4.72 Å². The molecule has 2 aromatic rings. The third-order valence-electron chi connectivity index (χ3n) is 6.18. The molecule has 10 heteroatoms. The highest BCUT2D eigenvalue weighted by Crippen LogP contribution is 2.50. The number of aromatic nitrogens is 2. The fourth-order valence-corrected chi connectivity index (χ4v) is 5.56. The highest BCUT2D eigenvalue weighted by Gasteiger charge is 2.58. The van der Waals surface area contributed by atoms with E-state index in [2.05, 4.69) is 14.9 Å². The number of rotatable bonds is 6. The highest BCUT2D eigenvalue weighted by molar-refractivity contribution is 7.89. The predicted octanol–water partition coefficient (Wildman–Crippen LogP) is 1.56. The van der Waals surface area contributed by atoms with Gasteiger partial charge in [-0.15, -0.1) is 0 Å². The van der Waals surface area contributed by atoms with Crippen molar-refractivity contribution >= 4 is 15.9 Å². The Kier molecular flexibility index (Phi) is 5.39. The van der Waals surface area contributed by atoms with Gasteiger partial charge < -0.3 is 9.42 Å². The topological polar surface area (TPSA) is 105 Å². The van der Waals surface area contributed by atoms with Crippen molar-refractivity contribution in [3.63, 3.8) is 0 Å². The number of halogens is 1. The lowest BCUT2D eigenvalue weighted by atomic mass is 9.80. The lowest BCUT2D eigenvalue weighted by Gasteiger charge is -2.25. The van der Waals surface area contributed by atoms with Crippen molar-refractivity contribution in [1.82, 2.24) is 19.8 Å². The molecule has 0 unspecified atom stereocenters. The molecule has 30 heavy (non-hydrogen) atoms. The third-order valence-corrected chi connectivity index (χ3v) is 7.63. The molecule has 1 aromatic carbocycles. The van der Waals surface area contributed by atoms with Crippen molar-refractivity contribution in [1.29, 1.82) is 0 Å². The molecule has 1 saturated heterocycles. The average molecular weight is 437 g/mol. The monoisotopic (exact) mass is 436 g/mol. The molecule has 2 fully saturated rings. The van der Waals surface area contributed by atoms with Gasteiger partial charge in [0.2, 0.25) is 21.8 Å². The van der Waals surface area contributed by atoms with Crippen LogP contribution in [0.25, 0.3) is 0 Å². The molecule has 0 bridgehead atoms. The van der Waals surface area contributed by atoms with Gasteiger partial charge in [0.05, 0.1) is 17.6 Å². The summed E-state index contributed by atoms with van der Waals surface area (Å²) in [6, 6.07) is 5.66. The van der Waals surface area contributed by atoms with E-state index < -0.39 is 15.4 Å². The Morgan fingerprint density at radius 3 is 2.73 bits per heavy atom. The van der Waals surface area contributed by atoms with Crippen LogP contribution in [0, 0.1) is 18.7 Å². The zero-order chi connectivity index (χ0) is 21.5. The second-order valence-corrected chi connectivity index (χ2v) is 10.3. The van der Waals surface area contributed by atoms with E-state index in [0.717, 1.165) is 5.56 Å². The van der Waals surface area contributed by atoms with Gasteiger partial charge in [0.1, 0.15) is 5.82 Å². The number of aryl methyl sites for hydroxylation is 1. The molecule has 2 aliphatic rings. The molecule has 3 atom stereocenters. The summed E-state index contributed by atoms with van der Waals surface area (Å²) in [6.45, 7) is 4.22. The summed E-state index contributed by atoms with van der Waals surface area (Å²) in [7, 11) is -3.34. The molecule has 0 radical (unpaired) electrons. The Bertz CT molecular complexity index is 1040. The molecular formula is C20H25FN4O4S. The van der Waals surface area contributed by atoms with Gasteiger partial charge in [0, 0.05) is 19.1 Å². The SMILES string of the molecule is CCS(=O)(=O)N[C@@H]1C[C@H]2CN(C(=O)Cc3ccc(F)cc3)C[C@@]2(c2nc(C)no2)C1. The van der Waals surface area contributed by atoms with Gasteiger partial charge >= 0.3 is 0 Å². The molecule has 1 aromatic heterocycles. The summed E-state index contributed by atoms with van der Waals surface area (Å²) in [5.41, 5.74) is 0.176. The molecule has 1 saturated carbocycles. The Morgan fingerprint density at radius 2 is 2.10 bits per heavy atom. The van der Waals surface area contributed by atoms with Crippen molar-refractivity contribution in [2.24, 2.45) is 5.92 Å². The molecule has 8 nitrogen and oxygen atoms in total. The Hall–Kier alpha value is -2.33. The summed E-state index contributed by atoms with van der Waals surface area (Å²) in [4.78, 5) is 19.1. The number of likely N-dealkylation sites (tertiary alicyclic amines) is 1. The van der Waals surface area contributed by atoms with Gasteiger partial charge in [0.25, 0.3) is 0 Å². The molecule has 0 spiro atoms. The van der Waals surface area contributed by atoms with Gasteiger partial charge in [-0.25, -0.2) is 17.5 Å². The van der Waals surface area contributed by atoms with Crippen molar-refractivity contribution < 1.29 is 22.1 Å². The first-order chi connectivity index (χ1) is 14.2. The van der Waals surface area contributed by atoms with E-state index in [1.807, 2.05) is 0 Å². The van der Waals surface area contributed by atoms with Crippen LogP contribution >= 0.6 is 0 Å². The van der Waals surface area contributed by atoms with E-state index in [1.165, 1.54) is 12.1 Å². The summed E-state index contributed by atoms with van der Waals surface area (Å²) < 4.78 is 45.5. The number of sulfonamides is 1. The van der Waals surface area contributed by atoms with E-state index in [1.54, 1.807) is 30.9 Å². The first-order valence-corrected chi connectivity index (χ1v) is 11.7. The number of benzene rings is 1. The van der Waals surface area contributed by atoms with Gasteiger partial charge in [-0.2, -0.15) is 4.98 Å². The minimum atomic E-state index is -3.34. The highest BCUT2D eigenvalue weighted by atomic mass is 32.2. The fourth-order valence-electron chi connectivity index (χ4n) is 4.71. The first-order valence-electron chi connectivity index (χ1n) is 10.0. The minimum absolute atomic E-state index is 0.0130. The van der Waals surface area contributed by atoms with E-state index in [0.29, 0.717) is 37.6 Å². The molecule has 1 N–H and O–H groups in total. The number of amides is 1. The maximum atomic E-state index is 13.1. The number of carbonyl (C=O) groups excluding carboxylic acids is 1. The molecular weight excluding hydrogens is 411 g/mol. The molecule has 4 rings (SSSR count). The first kappa shape index (κ1) is 20.9. The van der Waals surface area contributed by atoms with E-state index >= 15 is 0 Å². The lowest BCUT2D eigenvalue weighted by Crippen LogP contribution is -2.40. The average Bonchev–Trinajstić information content (AvgIpc) is 3.36. The van der Waals surface area contributed by atoms with Crippen molar-refractivity contribution in [3.05, 3.63) is 47.4 Å². The van der Waals surface area contributed by atoms with Crippen LogP contribution in [0.15, 0.2) is 28.8 Å². The largest absolute Gasteiger partial charge is 0.341 e. The smallest absolute Gasteiger partial charge is 0.235 e. The van der Waals surface area contributed by atoms with Gasteiger partial charge in [-0.3, -0.25) is 4.79 Å². The molecule has 1 aliphatic carbocycles. The van der Waals surface area contributed by atoms with Gasteiger partial charge in [-0.05, 0) is 50.3 Å². The molecule has 2 heterocycles. The van der Waals surface area contributed by atoms with Crippen molar-refractivity contribution in [2.45, 2.75) is 44.6 Å². The number of hydrogen-bond acceptors (Lipinski definition) is 6. The molecule has 162 valence electrons. The van der Waals surface area contributed by atoms with Crippen LogP contribution in [0.3, 0.4) is 0 Å². The van der Waals surface area contributed by atoms with Gasteiger partial charge in [-0.1, -0.05) is 17.3 Å². The molecule has 1 amide bonds. The Balaban J connectivity index is 1.54. The summed E-state index contributed by atoms with van der Waals surface area (Å²) in [5, 5.41) is 3.91. The zero-order valence-corrected chi connectivity index (χ0v) is 17.8. The Labute approximate surface area is 174 Å². The van der Waals surface area contributed by atoms with Crippen LogP contribution in [-0.4, -0.2) is 54.2 Å². The zero-order valence-electron chi connectivity index (χ0n) is 17.0. The number of nitrogens with zero attached hydrogens (tertiary/aromatic N) is 3. The van der Waals surface area contributed by atoms with Crippen LogP contribution in [0.1, 0.15) is 37.0 Å². The number of nitrogens with one attached hydrogen (secondary N) is 1. The van der Waals surface area contributed by atoms with Crippen LogP contribution in [-0.2, 0) is 26.7 Å². The van der Waals surface area contributed by atoms with Crippen LogP contribution in [0.2, 0.25) is 0 Å². The van der Waals surface area contributed by atoms with Gasteiger partial charge in [0.15, 0.2) is 5.82 Å². The van der Waals surface area contributed by atoms with E-state index in [9.17, 15) is 17.6 Å². The van der Waals surface area contributed by atoms with E-state index in [-0.39, 0.29) is 35.9 Å². The summed E-state index contributed by atoms with van der Waals surface area (Å²) in [6.07, 6.45) is 1.28. The predicted molar refractivity (Wildman–Crippen MR) is 107 cm³/mol. The van der Waals surface area contributed by atoms with Crippen LogP contribution in [0.4, 0.5) is 4.39 Å². The normalized spacial score (nSPS) is 26.2. The summed E-state index contributed by atoms with van der Waals surface area (Å²) >= 11 is 0. The van der Waals surface area contributed by atoms with Crippen molar-refractivity contribution in [2.75, 3.05) is 18.8 Å². The number of hydrogen-bond donors (Lipinski definition) is 1. The van der Waals surface area contributed by atoms with E-state index in [4.69, 9.17) is 4.52 Å². The second kappa shape index (κ2) is 7.73. The standard InChI is InChI=1S/C20H25FN4O4S/c1-3-30(27,28)24-17-9-15-11-25(18(26)8-14-4-6-16(21)7-5-14)12-20(15,10-17)19-22-13(2)23-29-19/h4-7,15,17,24H,3,8-12H2,1-2H3/t15-,17+,20-/m0/s1. The maximum absolute atomic E-state index is 13.1. The minimum Gasteiger partial charge on any atom is -0.341 e. The number of fused-ring (bicyclic) bond motifs is 1. The quantitative estimate of drug-likeness (QED) is 0.737. The van der Waals surface area contributed by atoms with Crippen molar-refractivity contribution in [3.8, 4) is 0 Å². The lowest BCUT2D eigenvalue weighted by molar-refractivity contribution is -0.129. The fraction of sp³-hybridized carbons (Fsp3) is 0.550. The second-order valence-electron chi connectivity index (χ2n) is 8.24.